The Kier molecular flexibility index (Phi) is 9.66. The zero-order chi connectivity index (χ0) is 32.2. The molecule has 6 rings (SSSR count). The molecule has 1 aliphatic carbocycles. The van der Waals surface area contributed by atoms with Crippen molar-refractivity contribution >= 4 is 33.4 Å². The van der Waals surface area contributed by atoms with Crippen molar-refractivity contribution in [1.82, 2.24) is 34.6 Å². The Hall–Kier alpha value is -4.27. The Balaban J connectivity index is 1.17. The van der Waals surface area contributed by atoms with Crippen LogP contribution in [0.3, 0.4) is 0 Å². The highest BCUT2D eigenvalue weighted by Gasteiger charge is 2.25. The number of nitrogens with zero attached hydrogens (tertiary/aromatic N) is 6. The number of aromatic nitrogens is 4. The molecule has 0 radical (unpaired) electrons. The Bertz CT molecular complexity index is 1830. The van der Waals surface area contributed by atoms with E-state index < -0.39 is 0 Å². The average molecular weight is 617 g/mol. The zero-order valence-electron chi connectivity index (χ0n) is 28.1. The molecule has 0 fully saturated rings. The van der Waals surface area contributed by atoms with Crippen molar-refractivity contribution < 1.29 is 0 Å². The van der Waals surface area contributed by atoms with E-state index in [1.54, 1.807) is 0 Å². The van der Waals surface area contributed by atoms with Gasteiger partial charge < -0.3 is 14.9 Å². The van der Waals surface area contributed by atoms with Crippen LogP contribution in [0.5, 0.6) is 0 Å². The summed E-state index contributed by atoms with van der Waals surface area (Å²) in [5, 5.41) is 0. The van der Waals surface area contributed by atoms with Crippen LogP contribution >= 0.6 is 0 Å². The lowest BCUT2D eigenvalue weighted by Gasteiger charge is -2.36. The molecule has 2 aromatic carbocycles. The summed E-state index contributed by atoms with van der Waals surface area (Å²) in [7, 11) is 6.41. The summed E-state index contributed by atoms with van der Waals surface area (Å²) in [5.41, 5.74) is 11.0. The number of aliphatic imine (C=N–C) groups is 1. The highest BCUT2D eigenvalue weighted by molar-refractivity contribution is 6.15. The summed E-state index contributed by atoms with van der Waals surface area (Å²) in [6.07, 6.45) is 14.0. The molecule has 2 aliphatic rings. The molecule has 3 heterocycles. The Morgan fingerprint density at radius 2 is 1.74 bits per heavy atom. The molecule has 0 unspecified atom stereocenters. The minimum Gasteiger partial charge on any atom is -0.366 e. The lowest BCUT2D eigenvalue weighted by Crippen LogP contribution is -2.39. The minimum absolute atomic E-state index is 0.142. The van der Waals surface area contributed by atoms with Gasteiger partial charge in [0.1, 0.15) is 11.6 Å². The maximum atomic E-state index is 4.99. The highest BCUT2D eigenvalue weighted by atomic mass is 15.2. The number of likely N-dealkylation sites (N-methyl/N-ethyl adjacent to an activating group) is 1. The second-order valence-electron chi connectivity index (χ2n) is 12.9. The molecule has 240 valence electrons. The monoisotopic (exact) mass is 616 g/mol. The second kappa shape index (κ2) is 14.0. The second-order valence-corrected chi connectivity index (χ2v) is 12.9. The molecule has 46 heavy (non-hydrogen) atoms. The van der Waals surface area contributed by atoms with E-state index in [0.717, 1.165) is 108 Å². The van der Waals surface area contributed by atoms with Gasteiger partial charge in [0.2, 0.25) is 0 Å². The van der Waals surface area contributed by atoms with Gasteiger partial charge in [0.25, 0.3) is 0 Å². The topological polar surface area (TPSA) is 79.4 Å². The van der Waals surface area contributed by atoms with Crippen LogP contribution in [0, 0.1) is 0 Å². The fourth-order valence-corrected chi connectivity index (χ4v) is 6.79. The Morgan fingerprint density at radius 3 is 2.50 bits per heavy atom. The van der Waals surface area contributed by atoms with Crippen molar-refractivity contribution in [2.45, 2.75) is 65.1 Å². The third kappa shape index (κ3) is 6.78. The van der Waals surface area contributed by atoms with Gasteiger partial charge in [-0.3, -0.25) is 14.8 Å². The van der Waals surface area contributed by atoms with E-state index in [9.17, 15) is 0 Å². The van der Waals surface area contributed by atoms with Crippen LogP contribution < -0.4 is 0 Å². The maximum Gasteiger partial charge on any atom is 0.126 e. The van der Waals surface area contributed by atoms with Crippen LogP contribution in [-0.4, -0.2) is 80.6 Å². The van der Waals surface area contributed by atoms with Crippen molar-refractivity contribution in [3.63, 3.8) is 0 Å². The minimum atomic E-state index is 0.142. The van der Waals surface area contributed by atoms with Gasteiger partial charge in [-0.1, -0.05) is 56.9 Å². The van der Waals surface area contributed by atoms with Crippen molar-refractivity contribution in [2.75, 3.05) is 34.2 Å². The molecule has 0 spiro atoms. The van der Waals surface area contributed by atoms with Crippen molar-refractivity contribution in [2.24, 2.45) is 4.99 Å². The molecule has 8 heteroatoms. The number of imidazole rings is 2. The molecule has 4 aromatic rings. The van der Waals surface area contributed by atoms with Gasteiger partial charge in [-0.2, -0.15) is 0 Å². The molecular formula is C38H48N8. The lowest BCUT2D eigenvalue weighted by atomic mass is 9.96. The molecule has 1 atom stereocenters. The number of para-hydroxylation sites is 1. The molecule has 0 saturated heterocycles. The number of nitrogens with one attached hydrogen (secondary N) is 2. The summed E-state index contributed by atoms with van der Waals surface area (Å²) in [4.78, 5) is 28.9. The number of fused-ring (bicyclic) bond motifs is 2. The van der Waals surface area contributed by atoms with Crippen LogP contribution in [0.2, 0.25) is 0 Å². The van der Waals surface area contributed by atoms with Crippen LogP contribution in [0.1, 0.15) is 68.7 Å². The van der Waals surface area contributed by atoms with Crippen LogP contribution in [0.15, 0.2) is 83.7 Å². The molecule has 0 amide bonds. The van der Waals surface area contributed by atoms with E-state index >= 15 is 0 Å². The Morgan fingerprint density at radius 1 is 0.935 bits per heavy atom. The quantitative estimate of drug-likeness (QED) is 0.154. The van der Waals surface area contributed by atoms with E-state index in [4.69, 9.17) is 15.0 Å². The summed E-state index contributed by atoms with van der Waals surface area (Å²) < 4.78 is 0. The average Bonchev–Trinajstić information content (AvgIpc) is 3.79. The molecule has 0 bridgehead atoms. The van der Waals surface area contributed by atoms with Gasteiger partial charge in [-0.25, -0.2) is 9.97 Å². The fourth-order valence-electron chi connectivity index (χ4n) is 6.79. The molecule has 2 aromatic heterocycles. The summed E-state index contributed by atoms with van der Waals surface area (Å²) >= 11 is 0. The molecule has 1 aliphatic heterocycles. The molecule has 0 saturated carbocycles. The number of hydrogen-bond donors (Lipinski definition) is 2. The number of H-pyrrole nitrogens is 2. The summed E-state index contributed by atoms with van der Waals surface area (Å²) in [6.45, 7) is 12.5. The predicted octanol–water partition coefficient (Wildman–Crippen LogP) is 7.45. The van der Waals surface area contributed by atoms with Gasteiger partial charge in [0.15, 0.2) is 0 Å². The van der Waals surface area contributed by atoms with Crippen molar-refractivity contribution in [3.05, 3.63) is 101 Å². The lowest BCUT2D eigenvalue weighted by molar-refractivity contribution is 0.256. The first-order valence-electron chi connectivity index (χ1n) is 16.7. The summed E-state index contributed by atoms with van der Waals surface area (Å²) in [5.74, 6) is 1.95. The van der Waals surface area contributed by atoms with Gasteiger partial charge in [0.05, 0.1) is 46.9 Å². The van der Waals surface area contributed by atoms with E-state index in [0.29, 0.717) is 6.54 Å². The van der Waals surface area contributed by atoms with Gasteiger partial charge in [0, 0.05) is 30.4 Å². The first kappa shape index (κ1) is 31.7. The molecular weight excluding hydrogens is 568 g/mol. The van der Waals surface area contributed by atoms with Crippen LogP contribution in [-0.2, 0) is 13.1 Å². The van der Waals surface area contributed by atoms with E-state index in [2.05, 4.69) is 121 Å². The smallest absolute Gasteiger partial charge is 0.126 e. The Labute approximate surface area is 273 Å². The fraction of sp³-hybridized carbons (Fsp3) is 0.395. The van der Waals surface area contributed by atoms with Gasteiger partial charge in [-0.05, 0) is 88.3 Å². The third-order valence-corrected chi connectivity index (χ3v) is 8.95. The van der Waals surface area contributed by atoms with Gasteiger partial charge in [-0.15, -0.1) is 0 Å². The zero-order valence-corrected chi connectivity index (χ0v) is 28.1. The summed E-state index contributed by atoms with van der Waals surface area (Å²) in [6, 6.07) is 13.0. The first-order chi connectivity index (χ1) is 22.3. The number of aromatic amines is 2. The van der Waals surface area contributed by atoms with Crippen LogP contribution in [0.25, 0.3) is 27.6 Å². The van der Waals surface area contributed by atoms with Crippen LogP contribution in [0.4, 0.5) is 0 Å². The normalized spacial score (nSPS) is 15.6. The molecule has 2 N–H and O–H groups in total. The van der Waals surface area contributed by atoms with Crippen molar-refractivity contribution in [3.8, 4) is 0 Å². The van der Waals surface area contributed by atoms with Crippen molar-refractivity contribution in [1.29, 1.82) is 0 Å². The van der Waals surface area contributed by atoms with E-state index in [-0.39, 0.29) is 6.04 Å². The first-order valence-corrected chi connectivity index (χ1v) is 16.7. The number of hydrogen-bond acceptors (Lipinski definition) is 6. The third-order valence-electron chi connectivity index (χ3n) is 8.95. The standard InChI is InChI=1S/C38H48N8/c1-7-19-45(6)24-35-41-32-16-12-15-30(37(32)43-35)33-22-29(23-39-33)28-17-18-31-34(21-28)42-36(40-31)25-46(20-8-2)26(3)38(44(4)5)27-13-10-9-11-14-27/h10,12-18,21,23,38H,3,7-9,11,19-20,22,24-25H2,1-2,4-6H3,(H,40,42)(H,41,43)/t38-/m0/s1. The van der Waals surface area contributed by atoms with E-state index in [1.807, 2.05) is 6.20 Å². The number of benzene rings is 2. The largest absolute Gasteiger partial charge is 0.366 e. The van der Waals surface area contributed by atoms with Gasteiger partial charge >= 0.3 is 0 Å². The number of rotatable bonds is 14. The number of allylic oxidation sites excluding steroid dienone is 3. The predicted molar refractivity (Wildman–Crippen MR) is 192 cm³/mol. The molecule has 8 nitrogen and oxygen atoms in total. The highest BCUT2D eigenvalue weighted by Crippen LogP contribution is 2.31. The SMILES string of the molecule is C=C([C@@H](C1=CCCC=C1)N(C)C)N(CCC)Cc1nc2ccc(C3=CN=C(c4cccc5[nH]c(CN(C)CCC)nc45)C3)cc2[nH]1. The van der Waals surface area contributed by atoms with E-state index in [1.165, 1.54) is 11.1 Å². The maximum absolute atomic E-state index is 4.99.